The molecular formula is C18H28F2O9S. The summed E-state index contributed by atoms with van der Waals surface area (Å²) in [4.78, 5) is 24.5. The molecule has 1 aliphatic heterocycles. The van der Waals surface area contributed by atoms with Crippen molar-refractivity contribution in [2.24, 2.45) is 5.92 Å². The Balaban J connectivity index is 2.00. The third kappa shape index (κ3) is 5.65. The number of hydrogen-bond donors (Lipinski definition) is 1. The fourth-order valence-electron chi connectivity index (χ4n) is 3.45. The fourth-order valence-corrected chi connectivity index (χ4v) is 3.66. The molecule has 1 N–H and O–H groups in total. The predicted octanol–water partition coefficient (Wildman–Crippen LogP) is 2.43. The van der Waals surface area contributed by atoms with Crippen molar-refractivity contribution in [2.45, 2.75) is 88.6 Å². The summed E-state index contributed by atoms with van der Waals surface area (Å²) in [6, 6.07) is 0. The lowest BCUT2D eigenvalue weighted by Gasteiger charge is -2.36. The Labute approximate surface area is 174 Å². The lowest BCUT2D eigenvalue weighted by atomic mass is 9.85. The van der Waals surface area contributed by atoms with Gasteiger partial charge < -0.3 is 18.9 Å². The Morgan fingerprint density at radius 1 is 1.13 bits per heavy atom. The van der Waals surface area contributed by atoms with E-state index in [1.165, 1.54) is 13.8 Å². The highest BCUT2D eigenvalue weighted by Gasteiger charge is 2.57. The van der Waals surface area contributed by atoms with Crippen LogP contribution >= 0.6 is 0 Å². The van der Waals surface area contributed by atoms with Crippen LogP contribution in [0.4, 0.5) is 8.78 Å². The average molecular weight is 458 g/mol. The second-order valence-electron chi connectivity index (χ2n) is 9.14. The Morgan fingerprint density at radius 2 is 1.67 bits per heavy atom. The highest BCUT2D eigenvalue weighted by atomic mass is 32.2. The molecule has 2 aliphatic rings. The Bertz CT molecular complexity index is 778. The number of carbonyl (C=O) groups excluding carboxylic acids is 2. The number of alkyl halides is 2. The quantitative estimate of drug-likeness (QED) is 0.488. The molecule has 9 nitrogen and oxygen atoms in total. The topological polar surface area (TPSA) is 125 Å². The van der Waals surface area contributed by atoms with Crippen LogP contribution in [0.2, 0.25) is 0 Å². The van der Waals surface area contributed by atoms with Crippen molar-refractivity contribution in [1.29, 1.82) is 0 Å². The van der Waals surface area contributed by atoms with Gasteiger partial charge in [0.15, 0.2) is 18.5 Å². The molecule has 0 amide bonds. The summed E-state index contributed by atoms with van der Waals surface area (Å²) in [5.41, 5.74) is -1.86. The maximum absolute atomic E-state index is 13.3. The molecule has 2 rings (SSSR count). The molecule has 1 saturated heterocycles. The van der Waals surface area contributed by atoms with Crippen molar-refractivity contribution in [3.63, 3.8) is 0 Å². The summed E-state index contributed by atoms with van der Waals surface area (Å²) >= 11 is 0. The van der Waals surface area contributed by atoms with Crippen LogP contribution in [0.5, 0.6) is 0 Å². The summed E-state index contributed by atoms with van der Waals surface area (Å²) in [6.07, 6.45) is -0.0922. The summed E-state index contributed by atoms with van der Waals surface area (Å²) < 4.78 is 77.9. The van der Waals surface area contributed by atoms with Crippen LogP contribution in [0, 0.1) is 5.92 Å². The van der Waals surface area contributed by atoms with Crippen LogP contribution in [0.1, 0.15) is 60.3 Å². The van der Waals surface area contributed by atoms with E-state index in [-0.39, 0.29) is 24.7 Å². The minimum atomic E-state index is -5.73. The van der Waals surface area contributed by atoms with E-state index in [2.05, 4.69) is 4.74 Å². The molecule has 1 unspecified atom stereocenters. The predicted molar refractivity (Wildman–Crippen MR) is 98.0 cm³/mol. The molecular weight excluding hydrogens is 430 g/mol. The van der Waals surface area contributed by atoms with E-state index >= 15 is 0 Å². The standard InChI is InChI=1S/C18H28F2O9S/c1-15(2,3)28-13(21)11-6-8-17(9-7-11)27-12(16(4,5)29-17)14(22)26-10-18(19,20)30(23,24)25/h11-12H,6-10H2,1-5H3,(H,23,24,25). The van der Waals surface area contributed by atoms with Gasteiger partial charge >= 0.3 is 27.3 Å². The molecule has 0 radical (unpaired) electrons. The van der Waals surface area contributed by atoms with Gasteiger partial charge in [-0.3, -0.25) is 9.35 Å². The van der Waals surface area contributed by atoms with E-state index in [0.717, 1.165) is 0 Å². The molecule has 1 saturated carbocycles. The maximum atomic E-state index is 13.3. The van der Waals surface area contributed by atoms with Gasteiger partial charge in [0.2, 0.25) is 0 Å². The van der Waals surface area contributed by atoms with Crippen LogP contribution in [0.25, 0.3) is 0 Å². The SMILES string of the molecule is CC(C)(C)OC(=O)C1CCC2(CC1)OC(C(=O)OCC(F)(F)S(=O)(=O)O)C(C)(C)O2. The molecule has 30 heavy (non-hydrogen) atoms. The van der Waals surface area contributed by atoms with Crippen LogP contribution in [-0.2, 0) is 38.7 Å². The zero-order valence-electron chi connectivity index (χ0n) is 17.6. The van der Waals surface area contributed by atoms with Crippen molar-refractivity contribution in [1.82, 2.24) is 0 Å². The zero-order chi connectivity index (χ0) is 23.2. The van der Waals surface area contributed by atoms with Crippen molar-refractivity contribution >= 4 is 22.1 Å². The van der Waals surface area contributed by atoms with E-state index in [1.54, 1.807) is 20.8 Å². The molecule has 0 bridgehead atoms. The molecule has 1 aliphatic carbocycles. The first-order valence-electron chi connectivity index (χ1n) is 9.50. The Hall–Kier alpha value is -1.37. The van der Waals surface area contributed by atoms with Crippen LogP contribution in [0.15, 0.2) is 0 Å². The lowest BCUT2D eigenvalue weighted by Crippen LogP contribution is -2.43. The number of halogens is 2. The van der Waals surface area contributed by atoms with E-state index in [1.807, 2.05) is 0 Å². The van der Waals surface area contributed by atoms with E-state index in [9.17, 15) is 26.8 Å². The van der Waals surface area contributed by atoms with Crippen LogP contribution in [-0.4, -0.2) is 59.9 Å². The first kappa shape index (κ1) is 24.9. The van der Waals surface area contributed by atoms with Gasteiger partial charge in [-0.05, 0) is 47.5 Å². The second-order valence-corrected chi connectivity index (χ2v) is 10.7. The number of hydrogen-bond acceptors (Lipinski definition) is 8. The summed E-state index contributed by atoms with van der Waals surface area (Å²) in [6.45, 7) is 6.46. The largest absolute Gasteiger partial charge is 0.460 e. The molecule has 174 valence electrons. The fraction of sp³-hybridized carbons (Fsp3) is 0.889. The lowest BCUT2D eigenvalue weighted by molar-refractivity contribution is -0.214. The molecule has 1 atom stereocenters. The van der Waals surface area contributed by atoms with Crippen molar-refractivity contribution in [3.8, 4) is 0 Å². The maximum Gasteiger partial charge on any atom is 0.402 e. The minimum absolute atomic E-state index is 0.269. The number of carbonyl (C=O) groups is 2. The molecule has 2 fully saturated rings. The highest BCUT2D eigenvalue weighted by molar-refractivity contribution is 7.86. The third-order valence-corrected chi connectivity index (χ3v) is 5.75. The molecule has 0 aromatic rings. The zero-order valence-corrected chi connectivity index (χ0v) is 18.4. The summed E-state index contributed by atoms with van der Waals surface area (Å²) in [7, 11) is -5.73. The van der Waals surface area contributed by atoms with Crippen molar-refractivity contribution in [3.05, 3.63) is 0 Å². The monoisotopic (exact) mass is 458 g/mol. The first-order chi connectivity index (χ1) is 13.4. The molecule has 0 aromatic carbocycles. The molecule has 12 heteroatoms. The van der Waals surface area contributed by atoms with Gasteiger partial charge in [0.25, 0.3) is 0 Å². The third-order valence-electron chi connectivity index (χ3n) is 4.87. The number of esters is 2. The first-order valence-corrected chi connectivity index (χ1v) is 10.9. The van der Waals surface area contributed by atoms with Gasteiger partial charge in [0.05, 0.1) is 5.92 Å². The normalized spacial score (nSPS) is 29.6. The van der Waals surface area contributed by atoms with Crippen LogP contribution in [0.3, 0.4) is 0 Å². The van der Waals surface area contributed by atoms with Gasteiger partial charge in [0, 0.05) is 12.8 Å². The molecule has 0 aromatic heterocycles. The summed E-state index contributed by atoms with van der Waals surface area (Å²) in [5.74, 6) is -3.13. The number of ether oxygens (including phenoxy) is 4. The van der Waals surface area contributed by atoms with Crippen molar-refractivity contribution < 1.29 is 50.3 Å². The Kier molecular flexibility index (Phi) is 6.60. The summed E-state index contributed by atoms with van der Waals surface area (Å²) in [5, 5.41) is -4.64. The van der Waals surface area contributed by atoms with Gasteiger partial charge in [-0.15, -0.1) is 0 Å². The van der Waals surface area contributed by atoms with Gasteiger partial charge in [-0.1, -0.05) is 0 Å². The molecule has 1 spiro atoms. The van der Waals surface area contributed by atoms with Gasteiger partial charge in [0.1, 0.15) is 11.2 Å². The Morgan fingerprint density at radius 3 is 2.13 bits per heavy atom. The smallest absolute Gasteiger partial charge is 0.402 e. The van der Waals surface area contributed by atoms with Crippen LogP contribution < -0.4 is 0 Å². The van der Waals surface area contributed by atoms with E-state index < -0.39 is 51.0 Å². The highest BCUT2D eigenvalue weighted by Crippen LogP contribution is 2.47. The number of rotatable bonds is 5. The molecule has 1 heterocycles. The average Bonchev–Trinajstić information content (AvgIpc) is 2.81. The van der Waals surface area contributed by atoms with E-state index in [4.69, 9.17) is 18.8 Å². The van der Waals surface area contributed by atoms with Gasteiger partial charge in [-0.25, -0.2) is 4.79 Å². The minimum Gasteiger partial charge on any atom is -0.460 e. The van der Waals surface area contributed by atoms with E-state index in [0.29, 0.717) is 12.8 Å². The van der Waals surface area contributed by atoms with Crippen molar-refractivity contribution in [2.75, 3.05) is 6.61 Å². The van der Waals surface area contributed by atoms with Gasteiger partial charge in [-0.2, -0.15) is 17.2 Å². The second kappa shape index (κ2) is 7.95.